The van der Waals surface area contributed by atoms with E-state index >= 15 is 0 Å². The molecule has 24 heavy (non-hydrogen) atoms. The van der Waals surface area contributed by atoms with Crippen LogP contribution in [0.15, 0.2) is 28.9 Å². The number of rotatable bonds is 5. The maximum absolute atomic E-state index is 12.4. The molecule has 2 aliphatic carbocycles. The Morgan fingerprint density at radius 3 is 3.00 bits per heavy atom. The van der Waals surface area contributed by atoms with Crippen molar-refractivity contribution in [3.63, 3.8) is 0 Å². The summed E-state index contributed by atoms with van der Waals surface area (Å²) in [5.74, 6) is 3.21. The second-order valence-electron chi connectivity index (χ2n) is 7.22. The molecule has 2 aromatic rings. The van der Waals surface area contributed by atoms with Crippen LogP contribution in [0.4, 0.5) is 0 Å². The van der Waals surface area contributed by atoms with E-state index in [2.05, 4.69) is 17.3 Å². The summed E-state index contributed by atoms with van der Waals surface area (Å²) in [6.07, 6.45) is 8.61. The zero-order chi connectivity index (χ0) is 16.7. The minimum absolute atomic E-state index is 0.130. The number of amides is 1. The van der Waals surface area contributed by atoms with Crippen molar-refractivity contribution in [2.24, 2.45) is 17.8 Å². The van der Waals surface area contributed by atoms with Gasteiger partial charge >= 0.3 is 0 Å². The van der Waals surface area contributed by atoms with Gasteiger partial charge in [-0.05, 0) is 56.1 Å². The molecule has 2 bridgehead atoms. The van der Waals surface area contributed by atoms with Gasteiger partial charge in [0.15, 0.2) is 5.76 Å². The minimum atomic E-state index is -0.130. The van der Waals surface area contributed by atoms with Gasteiger partial charge in [0.05, 0.1) is 17.8 Å². The van der Waals surface area contributed by atoms with Crippen molar-refractivity contribution in [1.82, 2.24) is 15.1 Å². The van der Waals surface area contributed by atoms with E-state index in [9.17, 15) is 4.79 Å². The van der Waals surface area contributed by atoms with Crippen molar-refractivity contribution in [3.8, 4) is 0 Å². The van der Waals surface area contributed by atoms with E-state index < -0.39 is 0 Å². The lowest BCUT2D eigenvalue weighted by Crippen LogP contribution is -2.40. The Labute approximate surface area is 146 Å². The summed E-state index contributed by atoms with van der Waals surface area (Å²) in [4.78, 5) is 12.4. The second-order valence-corrected chi connectivity index (χ2v) is 7.66. The fraction of sp³-hybridized carbons (Fsp3) is 0.556. The van der Waals surface area contributed by atoms with Gasteiger partial charge in [0, 0.05) is 12.2 Å². The highest BCUT2D eigenvalue weighted by atomic mass is 35.5. The Morgan fingerprint density at radius 1 is 1.46 bits per heavy atom. The first-order valence-electron chi connectivity index (χ1n) is 8.66. The van der Waals surface area contributed by atoms with Crippen LogP contribution < -0.4 is 5.32 Å². The van der Waals surface area contributed by atoms with E-state index in [1.54, 1.807) is 23.1 Å². The fourth-order valence-corrected chi connectivity index (χ4v) is 4.62. The van der Waals surface area contributed by atoms with Crippen molar-refractivity contribution in [2.45, 2.75) is 45.2 Å². The molecule has 1 amide bonds. The molecule has 0 aromatic carbocycles. The third kappa shape index (κ3) is 3.09. The lowest BCUT2D eigenvalue weighted by molar-refractivity contribution is 0.0885. The Kier molecular flexibility index (Phi) is 4.12. The van der Waals surface area contributed by atoms with Gasteiger partial charge in [0.25, 0.3) is 5.91 Å². The number of halogens is 1. The SMILES string of the molecule is C[C@H](NC(=O)c1ccc(Cn2cc(Cl)cn2)o1)[C@H]1C[C@H]2CC[C@H]1C2. The van der Waals surface area contributed by atoms with Crippen LogP contribution in [0.5, 0.6) is 0 Å². The van der Waals surface area contributed by atoms with Crippen LogP contribution in [0.1, 0.15) is 48.9 Å². The third-order valence-electron chi connectivity index (χ3n) is 5.60. The summed E-state index contributed by atoms with van der Waals surface area (Å²) in [5.41, 5.74) is 0. The van der Waals surface area contributed by atoms with Gasteiger partial charge in [0.1, 0.15) is 5.76 Å². The predicted molar refractivity (Wildman–Crippen MR) is 90.9 cm³/mol. The second kappa shape index (κ2) is 6.28. The first kappa shape index (κ1) is 15.8. The van der Waals surface area contributed by atoms with Crippen molar-refractivity contribution >= 4 is 17.5 Å². The first-order valence-corrected chi connectivity index (χ1v) is 9.04. The molecular weight excluding hydrogens is 326 g/mol. The summed E-state index contributed by atoms with van der Waals surface area (Å²) >= 11 is 5.85. The van der Waals surface area contributed by atoms with E-state index in [1.807, 2.05) is 6.07 Å². The largest absolute Gasteiger partial charge is 0.454 e. The highest BCUT2D eigenvalue weighted by Crippen LogP contribution is 2.49. The molecule has 4 atom stereocenters. The van der Waals surface area contributed by atoms with Gasteiger partial charge in [-0.2, -0.15) is 5.10 Å². The van der Waals surface area contributed by atoms with E-state index in [0.29, 0.717) is 29.0 Å². The van der Waals surface area contributed by atoms with E-state index in [0.717, 1.165) is 11.8 Å². The van der Waals surface area contributed by atoms with Gasteiger partial charge in [-0.1, -0.05) is 18.0 Å². The maximum Gasteiger partial charge on any atom is 0.287 e. The minimum Gasteiger partial charge on any atom is -0.454 e. The molecular formula is C18H22ClN3O2. The standard InChI is InChI=1S/C18H22ClN3O2/c1-11(16-7-12-2-3-13(16)6-12)21-18(23)17-5-4-15(24-17)10-22-9-14(19)8-20-22/h4-5,8-9,11-13,16H,2-3,6-7,10H2,1H3,(H,21,23)/t11-,12-,13-,16+/m0/s1. The van der Waals surface area contributed by atoms with Crippen molar-refractivity contribution < 1.29 is 9.21 Å². The summed E-state index contributed by atoms with van der Waals surface area (Å²) in [7, 11) is 0. The normalized spacial score (nSPS) is 26.7. The van der Waals surface area contributed by atoms with Crippen molar-refractivity contribution in [3.05, 3.63) is 41.1 Å². The van der Waals surface area contributed by atoms with Gasteiger partial charge in [0.2, 0.25) is 0 Å². The summed E-state index contributed by atoms with van der Waals surface area (Å²) in [5, 5.41) is 7.82. The molecule has 2 fully saturated rings. The average molecular weight is 348 g/mol. The number of hydrogen-bond donors (Lipinski definition) is 1. The number of hydrogen-bond acceptors (Lipinski definition) is 3. The van der Waals surface area contributed by atoms with Crippen molar-refractivity contribution in [2.75, 3.05) is 0 Å². The molecule has 0 unspecified atom stereocenters. The zero-order valence-electron chi connectivity index (χ0n) is 13.7. The van der Waals surface area contributed by atoms with Crippen LogP contribution in [0.3, 0.4) is 0 Å². The van der Waals surface area contributed by atoms with Crippen LogP contribution in [0.2, 0.25) is 5.02 Å². The molecule has 0 radical (unpaired) electrons. The molecule has 2 heterocycles. The number of carbonyl (C=O) groups excluding carboxylic acids is 1. The van der Waals surface area contributed by atoms with Crippen LogP contribution in [-0.4, -0.2) is 21.7 Å². The Morgan fingerprint density at radius 2 is 2.33 bits per heavy atom. The van der Waals surface area contributed by atoms with Crippen LogP contribution in [0, 0.1) is 17.8 Å². The zero-order valence-corrected chi connectivity index (χ0v) is 14.5. The molecule has 0 spiro atoms. The molecule has 128 valence electrons. The highest BCUT2D eigenvalue weighted by molar-refractivity contribution is 6.30. The smallest absolute Gasteiger partial charge is 0.287 e. The maximum atomic E-state index is 12.4. The van der Waals surface area contributed by atoms with E-state index in [4.69, 9.17) is 16.0 Å². The Balaban J connectivity index is 1.36. The van der Waals surface area contributed by atoms with Crippen molar-refractivity contribution in [1.29, 1.82) is 0 Å². The number of furan rings is 1. The third-order valence-corrected chi connectivity index (χ3v) is 5.79. The lowest BCUT2D eigenvalue weighted by atomic mass is 9.84. The average Bonchev–Trinajstić information content (AvgIpc) is 3.31. The molecule has 1 N–H and O–H groups in total. The number of aromatic nitrogens is 2. The lowest BCUT2D eigenvalue weighted by Gasteiger charge is -2.28. The number of fused-ring (bicyclic) bond motifs is 2. The number of nitrogens with zero attached hydrogens (tertiary/aromatic N) is 2. The van der Waals surface area contributed by atoms with E-state index in [1.165, 1.54) is 25.7 Å². The molecule has 2 aromatic heterocycles. The highest BCUT2D eigenvalue weighted by Gasteiger charge is 2.42. The molecule has 2 aliphatic rings. The molecule has 0 aliphatic heterocycles. The quantitative estimate of drug-likeness (QED) is 0.896. The monoisotopic (exact) mass is 347 g/mol. The first-order chi connectivity index (χ1) is 11.6. The van der Waals surface area contributed by atoms with Crippen LogP contribution >= 0.6 is 11.6 Å². The van der Waals surface area contributed by atoms with Gasteiger partial charge in [-0.15, -0.1) is 0 Å². The molecule has 6 heteroatoms. The summed E-state index contributed by atoms with van der Waals surface area (Å²) in [6.45, 7) is 2.58. The topological polar surface area (TPSA) is 60.1 Å². The number of carbonyl (C=O) groups is 1. The van der Waals surface area contributed by atoms with E-state index in [-0.39, 0.29) is 11.9 Å². The number of nitrogens with one attached hydrogen (secondary N) is 1. The molecule has 2 saturated carbocycles. The van der Waals surface area contributed by atoms with Gasteiger partial charge in [-0.25, -0.2) is 0 Å². The van der Waals surface area contributed by atoms with Crippen LogP contribution in [-0.2, 0) is 6.54 Å². The fourth-order valence-electron chi connectivity index (χ4n) is 4.46. The molecule has 4 rings (SSSR count). The van der Waals surface area contributed by atoms with Crippen LogP contribution in [0.25, 0.3) is 0 Å². The Hall–Kier alpha value is -1.75. The van der Waals surface area contributed by atoms with Gasteiger partial charge in [-0.3, -0.25) is 9.48 Å². The molecule has 0 saturated heterocycles. The van der Waals surface area contributed by atoms with Gasteiger partial charge < -0.3 is 9.73 Å². The summed E-state index contributed by atoms with van der Waals surface area (Å²) in [6, 6.07) is 3.74. The Bertz CT molecular complexity index is 738. The summed E-state index contributed by atoms with van der Waals surface area (Å²) < 4.78 is 7.35. The predicted octanol–water partition coefficient (Wildman–Crippen LogP) is 3.73. The molecule has 5 nitrogen and oxygen atoms in total.